The van der Waals surface area contributed by atoms with Crippen LogP contribution in [0.4, 0.5) is 4.39 Å². The highest BCUT2D eigenvalue weighted by Crippen LogP contribution is 2.38. The topological polar surface area (TPSA) is 35.2 Å². The summed E-state index contributed by atoms with van der Waals surface area (Å²) in [6.07, 6.45) is 0.478. The van der Waals surface area contributed by atoms with Crippen LogP contribution in [0.1, 0.15) is 12.5 Å². The molecule has 2 nitrogen and oxygen atoms in total. The highest BCUT2D eigenvalue weighted by atomic mass is 35.5. The second-order valence-corrected chi connectivity index (χ2v) is 5.93. The summed E-state index contributed by atoms with van der Waals surface area (Å²) in [6.45, 7) is 1.83. The Morgan fingerprint density at radius 1 is 1.14 bits per heavy atom. The van der Waals surface area contributed by atoms with Gasteiger partial charge >= 0.3 is 0 Å². The molecule has 0 saturated heterocycles. The van der Waals surface area contributed by atoms with E-state index in [1.54, 1.807) is 12.1 Å². The number of benzene rings is 2. The van der Waals surface area contributed by atoms with Gasteiger partial charge in [0, 0.05) is 12.1 Å². The van der Waals surface area contributed by atoms with Crippen LogP contribution in [0, 0.1) is 5.82 Å². The minimum Gasteiger partial charge on any atom is -0.452 e. The van der Waals surface area contributed by atoms with E-state index in [1.165, 1.54) is 18.2 Å². The van der Waals surface area contributed by atoms with Gasteiger partial charge in [0.05, 0.1) is 15.1 Å². The first-order valence-electron chi connectivity index (χ1n) is 6.24. The third-order valence-electron chi connectivity index (χ3n) is 2.78. The summed E-state index contributed by atoms with van der Waals surface area (Å²) in [5, 5.41) is 0.832. The van der Waals surface area contributed by atoms with E-state index in [0.29, 0.717) is 17.0 Å². The molecule has 2 rings (SSSR count). The molecule has 6 heteroatoms. The Morgan fingerprint density at radius 2 is 1.81 bits per heavy atom. The van der Waals surface area contributed by atoms with E-state index in [-0.39, 0.29) is 27.6 Å². The largest absolute Gasteiger partial charge is 0.452 e. The molecule has 2 aromatic carbocycles. The standard InChI is InChI=1S/C15H13Cl3FNO/c1-8(20)5-9-3-2-4-13(19)15(9)21-14-7-11(17)10(16)6-12(14)18/h2-4,6-8H,5,20H2,1H3. The number of nitrogens with two attached hydrogens (primary N) is 1. The van der Waals surface area contributed by atoms with E-state index >= 15 is 0 Å². The summed E-state index contributed by atoms with van der Waals surface area (Å²) < 4.78 is 19.6. The van der Waals surface area contributed by atoms with Crippen molar-refractivity contribution in [3.8, 4) is 11.5 Å². The van der Waals surface area contributed by atoms with Crippen molar-refractivity contribution in [1.82, 2.24) is 0 Å². The summed E-state index contributed by atoms with van der Waals surface area (Å²) in [5.74, 6) is -0.160. The highest BCUT2D eigenvalue weighted by molar-refractivity contribution is 6.43. The van der Waals surface area contributed by atoms with Gasteiger partial charge in [-0.1, -0.05) is 46.9 Å². The maximum atomic E-state index is 14.0. The van der Waals surface area contributed by atoms with E-state index in [9.17, 15) is 4.39 Å². The zero-order valence-corrected chi connectivity index (χ0v) is 13.4. The molecule has 21 heavy (non-hydrogen) atoms. The summed E-state index contributed by atoms with van der Waals surface area (Å²) in [4.78, 5) is 0. The lowest BCUT2D eigenvalue weighted by Gasteiger charge is -2.15. The Bertz CT molecular complexity index is 662. The Labute approximate surface area is 137 Å². The summed E-state index contributed by atoms with van der Waals surface area (Å²) in [7, 11) is 0. The lowest BCUT2D eigenvalue weighted by molar-refractivity contribution is 0.434. The monoisotopic (exact) mass is 347 g/mol. The quantitative estimate of drug-likeness (QED) is 0.744. The Balaban J connectivity index is 2.42. The zero-order chi connectivity index (χ0) is 15.6. The van der Waals surface area contributed by atoms with Crippen molar-refractivity contribution in [2.24, 2.45) is 5.73 Å². The van der Waals surface area contributed by atoms with Crippen molar-refractivity contribution in [3.05, 3.63) is 56.8 Å². The fourth-order valence-electron chi connectivity index (χ4n) is 1.87. The van der Waals surface area contributed by atoms with Gasteiger partial charge in [0.2, 0.25) is 0 Å². The smallest absolute Gasteiger partial charge is 0.166 e. The summed E-state index contributed by atoms with van der Waals surface area (Å²) in [5.41, 5.74) is 6.43. The third-order valence-corrected chi connectivity index (χ3v) is 3.79. The fourth-order valence-corrected chi connectivity index (χ4v) is 2.44. The number of rotatable bonds is 4. The van der Waals surface area contributed by atoms with Crippen LogP contribution in [0.2, 0.25) is 15.1 Å². The fraction of sp³-hybridized carbons (Fsp3) is 0.200. The van der Waals surface area contributed by atoms with Gasteiger partial charge in [0.25, 0.3) is 0 Å². The molecule has 0 bridgehead atoms. The van der Waals surface area contributed by atoms with E-state index in [4.69, 9.17) is 45.3 Å². The maximum Gasteiger partial charge on any atom is 0.166 e. The van der Waals surface area contributed by atoms with Crippen molar-refractivity contribution in [2.45, 2.75) is 19.4 Å². The molecule has 2 aromatic rings. The zero-order valence-electron chi connectivity index (χ0n) is 11.2. The van der Waals surface area contributed by atoms with Gasteiger partial charge in [-0.15, -0.1) is 0 Å². The summed E-state index contributed by atoms with van der Waals surface area (Å²) in [6, 6.07) is 7.45. The van der Waals surface area contributed by atoms with Gasteiger partial charge in [-0.2, -0.15) is 0 Å². The molecule has 0 saturated carbocycles. The lowest BCUT2D eigenvalue weighted by Crippen LogP contribution is -2.18. The van der Waals surface area contributed by atoms with Crippen molar-refractivity contribution in [3.63, 3.8) is 0 Å². The van der Waals surface area contributed by atoms with Crippen LogP contribution in [0.5, 0.6) is 11.5 Å². The lowest BCUT2D eigenvalue weighted by atomic mass is 10.1. The van der Waals surface area contributed by atoms with Crippen LogP contribution in [-0.2, 0) is 6.42 Å². The number of para-hydroxylation sites is 1. The average molecular weight is 349 g/mol. The van der Waals surface area contributed by atoms with E-state index in [0.717, 1.165) is 0 Å². The number of hydrogen-bond donors (Lipinski definition) is 1. The molecule has 0 spiro atoms. The molecule has 112 valence electrons. The molecule has 0 aliphatic rings. The number of ether oxygens (including phenoxy) is 1. The summed E-state index contributed by atoms with van der Waals surface area (Å²) >= 11 is 17.8. The molecule has 0 aliphatic heterocycles. The van der Waals surface area contributed by atoms with Gasteiger partial charge in [-0.25, -0.2) is 4.39 Å². The van der Waals surface area contributed by atoms with E-state index < -0.39 is 5.82 Å². The average Bonchev–Trinajstić information content (AvgIpc) is 2.39. The minimum atomic E-state index is -0.490. The normalized spacial score (nSPS) is 12.3. The van der Waals surface area contributed by atoms with Crippen LogP contribution in [0.3, 0.4) is 0 Å². The van der Waals surface area contributed by atoms with Crippen LogP contribution in [-0.4, -0.2) is 6.04 Å². The molecule has 2 N–H and O–H groups in total. The van der Waals surface area contributed by atoms with Gasteiger partial charge < -0.3 is 10.5 Å². The molecule has 0 amide bonds. The highest BCUT2D eigenvalue weighted by Gasteiger charge is 2.15. The van der Waals surface area contributed by atoms with Gasteiger partial charge in [-0.05, 0) is 31.0 Å². The predicted octanol–water partition coefficient (Wildman–Crippen LogP) is 5.47. The molecule has 0 radical (unpaired) electrons. The number of halogens is 4. The van der Waals surface area contributed by atoms with Gasteiger partial charge in [0.1, 0.15) is 5.75 Å². The second-order valence-electron chi connectivity index (χ2n) is 4.71. The molecular formula is C15H13Cl3FNO. The first-order valence-corrected chi connectivity index (χ1v) is 7.37. The first kappa shape index (κ1) is 16.4. The molecule has 0 heterocycles. The SMILES string of the molecule is CC(N)Cc1cccc(F)c1Oc1cc(Cl)c(Cl)cc1Cl. The van der Waals surface area contributed by atoms with E-state index in [2.05, 4.69) is 0 Å². The van der Waals surface area contributed by atoms with Crippen molar-refractivity contribution >= 4 is 34.8 Å². The first-order chi connectivity index (χ1) is 9.88. The minimum absolute atomic E-state index is 0.0927. The Morgan fingerprint density at radius 3 is 2.48 bits per heavy atom. The van der Waals surface area contributed by atoms with Crippen LogP contribution in [0.25, 0.3) is 0 Å². The molecule has 0 fully saturated rings. The maximum absolute atomic E-state index is 14.0. The van der Waals surface area contributed by atoms with Crippen LogP contribution < -0.4 is 10.5 Å². The predicted molar refractivity (Wildman–Crippen MR) is 85.3 cm³/mol. The molecule has 1 unspecified atom stereocenters. The van der Waals surface area contributed by atoms with Crippen molar-refractivity contribution in [1.29, 1.82) is 0 Å². The molecular weight excluding hydrogens is 336 g/mol. The molecule has 0 aromatic heterocycles. The van der Waals surface area contributed by atoms with Gasteiger partial charge in [-0.3, -0.25) is 0 Å². The Kier molecular flexibility index (Phi) is 5.33. The number of hydrogen-bond acceptors (Lipinski definition) is 2. The van der Waals surface area contributed by atoms with Crippen LogP contribution in [0.15, 0.2) is 30.3 Å². The van der Waals surface area contributed by atoms with Gasteiger partial charge in [0.15, 0.2) is 11.6 Å². The van der Waals surface area contributed by atoms with Crippen molar-refractivity contribution < 1.29 is 9.13 Å². The second kappa shape index (κ2) is 6.84. The van der Waals surface area contributed by atoms with E-state index in [1.807, 2.05) is 6.92 Å². The van der Waals surface area contributed by atoms with Crippen molar-refractivity contribution in [2.75, 3.05) is 0 Å². The molecule has 0 aliphatic carbocycles. The van der Waals surface area contributed by atoms with Crippen LogP contribution >= 0.6 is 34.8 Å². The Hall–Kier alpha value is -1.000. The molecule has 1 atom stereocenters. The third kappa shape index (κ3) is 4.01.